The third kappa shape index (κ3) is 6.27. The standard InChI is InChI=1S/C19H23Cl2N3O5S2/c1-19(2,3)29-18(26)22-7-6-16(25)23-17-24(13-5-4-11(20)8-12(13)21)14-9-31(27,28)10-15(14)30-17/h4-5,8,14-15H,6-7,9-10H2,1-3H3,(H,22,26)/t14-,15-/m0/s1. The molecule has 0 aromatic heterocycles. The highest BCUT2D eigenvalue weighted by Gasteiger charge is 2.49. The highest BCUT2D eigenvalue weighted by Crippen LogP contribution is 2.43. The van der Waals surface area contributed by atoms with E-state index in [-0.39, 0.29) is 35.8 Å². The summed E-state index contributed by atoms with van der Waals surface area (Å²) in [4.78, 5) is 30.0. The van der Waals surface area contributed by atoms with E-state index in [9.17, 15) is 18.0 Å². The van der Waals surface area contributed by atoms with Crippen molar-refractivity contribution in [2.24, 2.45) is 4.99 Å². The first-order valence-corrected chi connectivity index (χ1v) is 13.0. The summed E-state index contributed by atoms with van der Waals surface area (Å²) in [6.45, 7) is 5.30. The quantitative estimate of drug-likeness (QED) is 0.664. The second-order valence-electron chi connectivity index (χ2n) is 8.23. The molecular formula is C19H23Cl2N3O5S2. The molecule has 0 saturated carbocycles. The maximum absolute atomic E-state index is 12.4. The lowest BCUT2D eigenvalue weighted by molar-refractivity contribution is -0.117. The normalized spacial score (nSPS) is 23.6. The fourth-order valence-corrected chi connectivity index (χ4v) is 7.69. The minimum Gasteiger partial charge on any atom is -0.444 e. The van der Waals surface area contributed by atoms with Crippen molar-refractivity contribution in [3.8, 4) is 0 Å². The predicted molar refractivity (Wildman–Crippen MR) is 124 cm³/mol. The van der Waals surface area contributed by atoms with E-state index in [0.29, 0.717) is 20.9 Å². The third-order valence-corrected chi connectivity index (χ3v) is 8.21. The number of amides is 2. The Morgan fingerprint density at radius 1 is 1.29 bits per heavy atom. The second kappa shape index (κ2) is 9.17. The van der Waals surface area contributed by atoms with Crippen LogP contribution in [0.2, 0.25) is 10.0 Å². The molecule has 1 aromatic rings. The molecule has 1 N–H and O–H groups in total. The van der Waals surface area contributed by atoms with Gasteiger partial charge in [-0.2, -0.15) is 4.99 Å². The predicted octanol–water partition coefficient (Wildman–Crippen LogP) is 3.51. The highest BCUT2D eigenvalue weighted by atomic mass is 35.5. The van der Waals surface area contributed by atoms with Gasteiger partial charge in [0.2, 0.25) is 5.91 Å². The summed E-state index contributed by atoms with van der Waals surface area (Å²) >= 11 is 13.6. The number of thioether (sulfide) groups is 1. The van der Waals surface area contributed by atoms with Gasteiger partial charge in [-0.1, -0.05) is 35.0 Å². The smallest absolute Gasteiger partial charge is 0.407 e. The average molecular weight is 508 g/mol. The molecule has 0 spiro atoms. The van der Waals surface area contributed by atoms with Crippen molar-refractivity contribution in [3.05, 3.63) is 28.2 Å². The van der Waals surface area contributed by atoms with Gasteiger partial charge in [-0.15, -0.1) is 0 Å². The number of sulfone groups is 1. The number of carbonyl (C=O) groups excluding carboxylic acids is 2. The monoisotopic (exact) mass is 507 g/mol. The molecule has 0 bridgehead atoms. The van der Waals surface area contributed by atoms with Crippen LogP contribution < -0.4 is 10.2 Å². The number of hydrogen-bond acceptors (Lipinski definition) is 6. The Labute approximate surface area is 195 Å². The zero-order valence-corrected chi connectivity index (χ0v) is 20.4. The first kappa shape index (κ1) is 24.2. The number of fused-ring (bicyclic) bond motifs is 1. The lowest BCUT2D eigenvalue weighted by atomic mass is 10.2. The van der Waals surface area contributed by atoms with Crippen molar-refractivity contribution in [2.75, 3.05) is 23.0 Å². The zero-order valence-electron chi connectivity index (χ0n) is 17.2. The first-order valence-electron chi connectivity index (χ1n) is 9.54. The molecule has 2 aliphatic heterocycles. The Morgan fingerprint density at radius 2 is 2.00 bits per heavy atom. The Kier molecular flexibility index (Phi) is 7.15. The molecule has 0 radical (unpaired) electrons. The maximum atomic E-state index is 12.4. The Morgan fingerprint density at radius 3 is 2.65 bits per heavy atom. The molecule has 3 rings (SSSR count). The van der Waals surface area contributed by atoms with Crippen molar-refractivity contribution in [3.63, 3.8) is 0 Å². The lowest BCUT2D eigenvalue weighted by Gasteiger charge is -2.25. The Hall–Kier alpha value is -1.49. The molecule has 8 nitrogen and oxygen atoms in total. The highest BCUT2D eigenvalue weighted by molar-refractivity contribution is 8.16. The van der Waals surface area contributed by atoms with Gasteiger partial charge in [-0.05, 0) is 39.0 Å². The van der Waals surface area contributed by atoms with Crippen LogP contribution in [0, 0.1) is 0 Å². The summed E-state index contributed by atoms with van der Waals surface area (Å²) in [6, 6.07) is 4.52. The molecule has 2 saturated heterocycles. The minimum absolute atomic E-state index is 0.0114. The zero-order chi connectivity index (χ0) is 23.0. The minimum atomic E-state index is -3.19. The van der Waals surface area contributed by atoms with E-state index in [1.54, 1.807) is 43.9 Å². The van der Waals surface area contributed by atoms with Crippen LogP contribution in [-0.2, 0) is 19.4 Å². The van der Waals surface area contributed by atoms with Gasteiger partial charge in [-0.25, -0.2) is 13.2 Å². The van der Waals surface area contributed by atoms with E-state index >= 15 is 0 Å². The molecule has 170 valence electrons. The van der Waals surface area contributed by atoms with E-state index in [2.05, 4.69) is 10.3 Å². The van der Waals surface area contributed by atoms with E-state index in [1.807, 2.05) is 0 Å². The van der Waals surface area contributed by atoms with Crippen molar-refractivity contribution in [1.29, 1.82) is 0 Å². The number of nitrogens with one attached hydrogen (secondary N) is 1. The number of amidine groups is 1. The summed E-state index contributed by atoms with van der Waals surface area (Å²) < 4.78 is 29.4. The van der Waals surface area contributed by atoms with Crippen LogP contribution in [0.3, 0.4) is 0 Å². The number of halogens is 2. The summed E-state index contributed by atoms with van der Waals surface area (Å²) in [6.07, 6.45) is -0.642. The summed E-state index contributed by atoms with van der Waals surface area (Å²) in [5.41, 5.74) is -0.0905. The third-order valence-electron chi connectivity index (χ3n) is 4.46. The van der Waals surface area contributed by atoms with Gasteiger partial charge in [0.15, 0.2) is 15.0 Å². The number of hydrogen-bond donors (Lipinski definition) is 1. The molecule has 2 fully saturated rings. The van der Waals surface area contributed by atoms with Crippen LogP contribution in [0.4, 0.5) is 10.5 Å². The summed E-state index contributed by atoms with van der Waals surface area (Å²) in [5, 5.41) is 3.44. The number of benzene rings is 1. The van der Waals surface area contributed by atoms with Crippen LogP contribution in [0.25, 0.3) is 0 Å². The van der Waals surface area contributed by atoms with Crippen LogP contribution in [0.1, 0.15) is 27.2 Å². The second-order valence-corrected chi connectivity index (χ2v) is 12.4. The van der Waals surface area contributed by atoms with Gasteiger partial charge in [0.05, 0.1) is 28.3 Å². The molecule has 12 heteroatoms. The number of carbonyl (C=O) groups is 2. The van der Waals surface area contributed by atoms with Gasteiger partial charge in [0.25, 0.3) is 0 Å². The molecule has 0 aliphatic carbocycles. The SMILES string of the molecule is CC(C)(C)OC(=O)NCCC(=O)N=C1S[C@H]2CS(=O)(=O)C[C@@H]2N1c1ccc(Cl)cc1Cl. The lowest BCUT2D eigenvalue weighted by Crippen LogP contribution is -2.38. The molecule has 2 amide bonds. The molecule has 2 atom stereocenters. The Balaban J connectivity index is 1.75. The molecule has 2 aliphatic rings. The molecule has 0 unspecified atom stereocenters. The number of rotatable bonds is 4. The average Bonchev–Trinajstić information content (AvgIpc) is 3.04. The molecule has 31 heavy (non-hydrogen) atoms. The summed E-state index contributed by atoms with van der Waals surface area (Å²) in [7, 11) is -3.19. The number of alkyl carbamates (subject to hydrolysis) is 1. The maximum Gasteiger partial charge on any atom is 0.407 e. The fraction of sp³-hybridized carbons (Fsp3) is 0.526. The van der Waals surface area contributed by atoms with E-state index < -0.39 is 27.4 Å². The number of anilines is 1. The number of nitrogens with zero attached hydrogens (tertiary/aromatic N) is 2. The van der Waals surface area contributed by atoms with Gasteiger partial charge in [0.1, 0.15) is 5.60 Å². The van der Waals surface area contributed by atoms with Gasteiger partial charge < -0.3 is 15.0 Å². The number of aliphatic imine (C=N–C) groups is 1. The van der Waals surface area contributed by atoms with Crippen LogP contribution in [0.5, 0.6) is 0 Å². The van der Waals surface area contributed by atoms with Crippen LogP contribution in [-0.4, -0.2) is 60.5 Å². The number of ether oxygens (including phenoxy) is 1. The van der Waals surface area contributed by atoms with Crippen LogP contribution >= 0.6 is 35.0 Å². The van der Waals surface area contributed by atoms with Crippen molar-refractivity contribution in [2.45, 2.75) is 44.1 Å². The molecule has 1 aromatic carbocycles. The topological polar surface area (TPSA) is 105 Å². The Bertz CT molecular complexity index is 1020. The largest absolute Gasteiger partial charge is 0.444 e. The first-order chi connectivity index (χ1) is 14.3. The van der Waals surface area contributed by atoms with Crippen LogP contribution in [0.15, 0.2) is 23.2 Å². The van der Waals surface area contributed by atoms with Crippen molar-refractivity contribution < 1.29 is 22.7 Å². The molecular weight excluding hydrogens is 485 g/mol. The van der Waals surface area contributed by atoms with Gasteiger partial charge in [-0.3, -0.25) is 4.79 Å². The molecule has 2 heterocycles. The summed E-state index contributed by atoms with van der Waals surface area (Å²) in [5.74, 6) is -0.481. The van der Waals surface area contributed by atoms with E-state index in [4.69, 9.17) is 27.9 Å². The fourth-order valence-electron chi connectivity index (χ4n) is 3.27. The van der Waals surface area contributed by atoms with E-state index in [1.165, 1.54) is 11.8 Å². The van der Waals surface area contributed by atoms with Gasteiger partial charge >= 0.3 is 6.09 Å². The van der Waals surface area contributed by atoms with Crippen molar-refractivity contribution >= 4 is 67.7 Å². The van der Waals surface area contributed by atoms with E-state index in [0.717, 1.165) is 0 Å². The van der Waals surface area contributed by atoms with Gasteiger partial charge in [0, 0.05) is 23.2 Å². The van der Waals surface area contributed by atoms with Crippen molar-refractivity contribution in [1.82, 2.24) is 5.32 Å².